The first kappa shape index (κ1) is 32.2. The number of hydrogen-bond donors (Lipinski definition) is 6. The van der Waals surface area contributed by atoms with Gasteiger partial charge in [-0.25, -0.2) is 0 Å². The van der Waals surface area contributed by atoms with E-state index in [9.17, 15) is 35.4 Å². The monoisotopic (exact) mass is 624 g/mol. The lowest BCUT2D eigenvalue weighted by Crippen LogP contribution is -2.61. The van der Waals surface area contributed by atoms with Crippen LogP contribution < -0.4 is 24.4 Å². The van der Waals surface area contributed by atoms with E-state index in [1.165, 1.54) is 53.6 Å². The van der Waals surface area contributed by atoms with Gasteiger partial charge in [0.15, 0.2) is 17.8 Å². The van der Waals surface area contributed by atoms with Crippen molar-refractivity contribution >= 4 is 21.9 Å². The average molecular weight is 625 g/mol. The lowest BCUT2D eigenvalue weighted by molar-refractivity contribution is -0.338. The molecule has 0 amide bonds. The molecule has 0 bridgehead atoms. The Morgan fingerprint density at radius 2 is 1.43 bits per heavy atom. The van der Waals surface area contributed by atoms with Gasteiger partial charge in [-0.1, -0.05) is 0 Å². The summed E-state index contributed by atoms with van der Waals surface area (Å²) in [6.07, 6.45) is -14.7. The average Bonchev–Trinajstić information content (AvgIpc) is 3.03. The Hall–Kier alpha value is -3.25. The summed E-state index contributed by atoms with van der Waals surface area (Å²) < 4.78 is 45.5. The summed E-state index contributed by atoms with van der Waals surface area (Å²) >= 11 is 0. The van der Waals surface area contributed by atoms with Gasteiger partial charge in [0.25, 0.3) is 0 Å². The highest BCUT2D eigenvalue weighted by Gasteiger charge is 2.51. The molecule has 2 aliphatic rings. The summed E-state index contributed by atoms with van der Waals surface area (Å²) in [4.78, 5) is 13.8. The van der Waals surface area contributed by atoms with Crippen LogP contribution >= 0.6 is 0 Å². The van der Waals surface area contributed by atoms with E-state index in [1.54, 1.807) is 0 Å². The van der Waals surface area contributed by atoms with Crippen molar-refractivity contribution in [3.05, 3.63) is 34.0 Å². The van der Waals surface area contributed by atoms with Crippen molar-refractivity contribution in [3.63, 3.8) is 0 Å². The fourth-order valence-corrected chi connectivity index (χ4v) is 5.69. The van der Waals surface area contributed by atoms with Crippen molar-refractivity contribution < 1.29 is 68.2 Å². The molecule has 0 radical (unpaired) electrons. The van der Waals surface area contributed by atoms with Crippen LogP contribution in [0.4, 0.5) is 0 Å². The second-order valence-electron chi connectivity index (χ2n) is 10.6. The number of methoxy groups -OCH3 is 4. The van der Waals surface area contributed by atoms with E-state index in [2.05, 4.69) is 0 Å². The number of hydrogen-bond acceptors (Lipinski definition) is 15. The highest BCUT2D eigenvalue weighted by Crippen LogP contribution is 2.45. The lowest BCUT2D eigenvalue weighted by Gasteiger charge is -2.46. The van der Waals surface area contributed by atoms with E-state index >= 15 is 0 Å². The molecular formula is C29H36O15. The van der Waals surface area contributed by atoms with Crippen molar-refractivity contribution in [2.75, 3.05) is 35.0 Å². The molecule has 1 aromatic heterocycles. The van der Waals surface area contributed by atoms with Gasteiger partial charge in [-0.05, 0) is 19.1 Å². The van der Waals surface area contributed by atoms with Crippen LogP contribution in [0.3, 0.4) is 0 Å². The van der Waals surface area contributed by atoms with Gasteiger partial charge in [-0.2, -0.15) is 0 Å². The summed E-state index contributed by atoms with van der Waals surface area (Å²) in [6, 6.07) is 4.29. The number of aliphatic hydroxyl groups is 6. The Kier molecular flexibility index (Phi) is 9.23. The number of benzene rings is 2. The highest BCUT2D eigenvalue weighted by molar-refractivity contribution is 5.96. The predicted octanol–water partition coefficient (Wildman–Crippen LogP) is -0.653. The molecule has 44 heavy (non-hydrogen) atoms. The van der Waals surface area contributed by atoms with Gasteiger partial charge in [-0.3, -0.25) is 4.79 Å². The molecule has 2 aliphatic heterocycles. The molecule has 2 saturated heterocycles. The van der Waals surface area contributed by atoms with Crippen LogP contribution in [0.2, 0.25) is 0 Å². The summed E-state index contributed by atoms with van der Waals surface area (Å²) in [5.74, 6) is 0.624. The van der Waals surface area contributed by atoms with Crippen LogP contribution in [0.25, 0.3) is 21.9 Å². The standard InChI is InChI=1S/C29H36O15/c1-10-19(31)22(34)24(36)29(41-10)44-28-23(35)21(33)17(9-30)43-25(28)12-7-14-11(6-13(12)37-2)20(32)18-15(42-14)8-16(38-3)26(39-4)27(18)40-5/h6-8,10,17,19,21-25,28-31,33-36H,9H2,1-5H3/t10-,17+,19-,21+,22+,23-,24+,25-,28+,29-/m0/s1. The van der Waals surface area contributed by atoms with Crippen LogP contribution in [0.15, 0.2) is 27.4 Å². The predicted molar refractivity (Wildman–Crippen MR) is 150 cm³/mol. The summed E-state index contributed by atoms with van der Waals surface area (Å²) in [5, 5.41) is 62.8. The molecule has 15 nitrogen and oxygen atoms in total. The van der Waals surface area contributed by atoms with Crippen molar-refractivity contribution in [2.24, 2.45) is 0 Å². The zero-order valence-corrected chi connectivity index (χ0v) is 24.6. The maximum Gasteiger partial charge on any atom is 0.204 e. The fourth-order valence-electron chi connectivity index (χ4n) is 5.69. The van der Waals surface area contributed by atoms with Crippen molar-refractivity contribution in [1.82, 2.24) is 0 Å². The first-order valence-corrected chi connectivity index (χ1v) is 13.8. The Balaban J connectivity index is 1.67. The fraction of sp³-hybridized carbons (Fsp3) is 0.552. The third-order valence-electron chi connectivity index (χ3n) is 8.09. The first-order valence-electron chi connectivity index (χ1n) is 13.8. The van der Waals surface area contributed by atoms with E-state index in [-0.39, 0.29) is 50.5 Å². The molecule has 0 unspecified atom stereocenters. The minimum Gasteiger partial charge on any atom is -0.496 e. The van der Waals surface area contributed by atoms with Crippen molar-refractivity contribution in [2.45, 2.75) is 68.1 Å². The summed E-state index contributed by atoms with van der Waals surface area (Å²) in [6.45, 7) is 0.777. The molecule has 3 aromatic rings. The maximum absolute atomic E-state index is 13.8. The zero-order chi connectivity index (χ0) is 32.0. The highest BCUT2D eigenvalue weighted by atomic mass is 16.7. The largest absolute Gasteiger partial charge is 0.496 e. The summed E-state index contributed by atoms with van der Waals surface area (Å²) in [5.41, 5.74) is -0.125. The third-order valence-corrected chi connectivity index (χ3v) is 8.09. The van der Waals surface area contributed by atoms with Crippen LogP contribution in [-0.4, -0.2) is 121 Å². The third kappa shape index (κ3) is 5.23. The van der Waals surface area contributed by atoms with E-state index in [1.807, 2.05) is 0 Å². The Morgan fingerprint density at radius 3 is 2.05 bits per heavy atom. The van der Waals surface area contributed by atoms with Gasteiger partial charge in [0, 0.05) is 11.6 Å². The molecule has 0 aliphatic carbocycles. The molecule has 0 saturated carbocycles. The van der Waals surface area contributed by atoms with Gasteiger partial charge in [0.1, 0.15) is 71.1 Å². The molecule has 15 heteroatoms. The van der Waals surface area contributed by atoms with E-state index in [0.717, 1.165) is 0 Å². The molecule has 0 spiro atoms. The maximum atomic E-state index is 13.8. The Bertz CT molecular complexity index is 1560. The molecule has 242 valence electrons. The van der Waals surface area contributed by atoms with E-state index in [0.29, 0.717) is 0 Å². The molecule has 6 N–H and O–H groups in total. The minimum absolute atomic E-state index is 0.0669. The molecular weight excluding hydrogens is 588 g/mol. The van der Waals surface area contributed by atoms with Crippen LogP contribution in [-0.2, 0) is 14.2 Å². The molecule has 5 rings (SSSR count). The van der Waals surface area contributed by atoms with Gasteiger partial charge >= 0.3 is 0 Å². The Labute approximate surface area is 250 Å². The number of aliphatic hydroxyl groups excluding tert-OH is 6. The molecule has 2 fully saturated rings. The van der Waals surface area contributed by atoms with E-state index < -0.39 is 73.3 Å². The molecule has 3 heterocycles. The number of rotatable bonds is 8. The van der Waals surface area contributed by atoms with Gasteiger partial charge in [0.05, 0.1) is 46.5 Å². The molecule has 2 aromatic carbocycles. The number of ether oxygens (including phenoxy) is 7. The molecule has 10 atom stereocenters. The van der Waals surface area contributed by atoms with Crippen LogP contribution in [0.1, 0.15) is 18.6 Å². The minimum atomic E-state index is -1.73. The Morgan fingerprint density at radius 1 is 0.750 bits per heavy atom. The second kappa shape index (κ2) is 12.6. The topological polar surface area (TPSA) is 216 Å². The summed E-state index contributed by atoms with van der Waals surface area (Å²) in [7, 11) is 5.52. The van der Waals surface area contributed by atoms with Crippen molar-refractivity contribution in [3.8, 4) is 23.0 Å². The second-order valence-corrected chi connectivity index (χ2v) is 10.6. The van der Waals surface area contributed by atoms with E-state index in [4.69, 9.17) is 37.6 Å². The normalized spacial score (nSPS) is 32.5. The lowest BCUT2D eigenvalue weighted by atomic mass is 9.89. The van der Waals surface area contributed by atoms with Crippen LogP contribution in [0.5, 0.6) is 23.0 Å². The smallest absolute Gasteiger partial charge is 0.204 e. The first-order chi connectivity index (χ1) is 21.0. The number of fused-ring (bicyclic) bond motifs is 2. The quantitative estimate of drug-likeness (QED) is 0.172. The van der Waals surface area contributed by atoms with Gasteiger partial charge in [-0.15, -0.1) is 0 Å². The SMILES string of the molecule is COc1cc2c(=O)c3c(OC)c(OC)c(OC)cc3oc2cc1[C@@H]1O[C@H](CO)[C@@H](O)[C@H](O)[C@H]1O[C@@H]1O[C@@H](C)[C@H](O)[C@@H](O)[C@H]1O. The van der Waals surface area contributed by atoms with Gasteiger partial charge < -0.3 is 68.2 Å². The van der Waals surface area contributed by atoms with Gasteiger partial charge in [0.2, 0.25) is 11.2 Å². The van der Waals surface area contributed by atoms with Crippen molar-refractivity contribution in [1.29, 1.82) is 0 Å². The zero-order valence-electron chi connectivity index (χ0n) is 24.6. The van der Waals surface area contributed by atoms with Crippen LogP contribution in [0, 0.1) is 0 Å².